The van der Waals surface area contributed by atoms with Crippen LogP contribution in [0.1, 0.15) is 5.56 Å². The van der Waals surface area contributed by atoms with Gasteiger partial charge in [0, 0.05) is 18.1 Å². The predicted octanol–water partition coefficient (Wildman–Crippen LogP) is 1.38. The summed E-state index contributed by atoms with van der Waals surface area (Å²) in [4.78, 5) is 11.9. The van der Waals surface area contributed by atoms with E-state index in [-0.39, 0.29) is 12.4 Å². The highest BCUT2D eigenvalue weighted by Gasteiger charge is 2.08. The first-order valence-corrected chi connectivity index (χ1v) is 4.80. The number of halogens is 1. The first kappa shape index (κ1) is 10.9. The van der Waals surface area contributed by atoms with Gasteiger partial charge in [0.1, 0.15) is 6.09 Å². The minimum absolute atomic E-state index is 0.245. The Labute approximate surface area is 87.9 Å². The third-order valence-corrected chi connectivity index (χ3v) is 2.10. The number of alkyl halides is 1. The predicted molar refractivity (Wildman–Crippen MR) is 54.6 cm³/mol. The molecule has 14 heavy (non-hydrogen) atoms. The Balaban J connectivity index is 2.99. The molecular weight excluding hydrogens is 202 g/mol. The third kappa shape index (κ3) is 2.39. The van der Waals surface area contributed by atoms with Crippen LogP contribution >= 0.6 is 11.6 Å². The number of aryl methyl sites for hydroxylation is 1. The Bertz CT molecular complexity index is 328. The molecular formula is C10H11ClNO2-. The van der Waals surface area contributed by atoms with Gasteiger partial charge in [0.15, 0.2) is 0 Å². The summed E-state index contributed by atoms with van der Waals surface area (Å²) < 4.78 is 0. The van der Waals surface area contributed by atoms with Gasteiger partial charge in [-0.2, -0.15) is 0 Å². The number of hydrogen-bond acceptors (Lipinski definition) is 2. The SMILES string of the molecule is Cc1ccccc1N(CCCl)C(=O)[O-]. The van der Waals surface area contributed by atoms with E-state index in [1.165, 1.54) is 0 Å². The zero-order valence-corrected chi connectivity index (χ0v) is 8.62. The molecule has 0 aliphatic rings. The summed E-state index contributed by atoms with van der Waals surface area (Å²) >= 11 is 5.51. The fourth-order valence-corrected chi connectivity index (χ4v) is 1.43. The van der Waals surface area contributed by atoms with Crippen molar-refractivity contribution in [1.82, 2.24) is 0 Å². The quantitative estimate of drug-likeness (QED) is 0.711. The number of carbonyl (C=O) groups is 1. The third-order valence-electron chi connectivity index (χ3n) is 1.93. The van der Waals surface area contributed by atoms with Crippen LogP contribution in [0.5, 0.6) is 0 Å². The van der Waals surface area contributed by atoms with Crippen LogP contribution in [-0.2, 0) is 0 Å². The fraction of sp³-hybridized carbons (Fsp3) is 0.300. The van der Waals surface area contributed by atoms with E-state index in [1.54, 1.807) is 12.1 Å². The van der Waals surface area contributed by atoms with Gasteiger partial charge in [0.05, 0.1) is 0 Å². The van der Waals surface area contributed by atoms with Crippen LogP contribution < -0.4 is 10.0 Å². The van der Waals surface area contributed by atoms with Gasteiger partial charge in [0.2, 0.25) is 0 Å². The molecule has 0 heterocycles. The molecule has 0 radical (unpaired) electrons. The lowest BCUT2D eigenvalue weighted by Crippen LogP contribution is -2.42. The molecule has 76 valence electrons. The lowest BCUT2D eigenvalue weighted by Gasteiger charge is -2.25. The monoisotopic (exact) mass is 212 g/mol. The van der Waals surface area contributed by atoms with Gasteiger partial charge < -0.3 is 14.8 Å². The van der Waals surface area contributed by atoms with E-state index in [2.05, 4.69) is 0 Å². The second-order valence-corrected chi connectivity index (χ2v) is 3.27. The highest BCUT2D eigenvalue weighted by molar-refractivity contribution is 6.18. The summed E-state index contributed by atoms with van der Waals surface area (Å²) in [5.41, 5.74) is 1.52. The molecule has 0 saturated heterocycles. The van der Waals surface area contributed by atoms with E-state index in [9.17, 15) is 9.90 Å². The summed E-state index contributed by atoms with van der Waals surface area (Å²) in [7, 11) is 0. The molecule has 0 saturated carbocycles. The van der Waals surface area contributed by atoms with Gasteiger partial charge in [-0.1, -0.05) is 18.2 Å². The van der Waals surface area contributed by atoms with Crippen molar-refractivity contribution in [3.05, 3.63) is 29.8 Å². The Morgan fingerprint density at radius 3 is 2.64 bits per heavy atom. The summed E-state index contributed by atoms with van der Waals surface area (Å²) in [6, 6.07) is 7.22. The smallest absolute Gasteiger partial charge is 0.141 e. The molecule has 0 N–H and O–H groups in total. The first-order valence-electron chi connectivity index (χ1n) is 4.27. The van der Waals surface area contributed by atoms with E-state index in [0.717, 1.165) is 10.5 Å². The normalized spacial score (nSPS) is 9.86. The second-order valence-electron chi connectivity index (χ2n) is 2.89. The number of carbonyl (C=O) groups excluding carboxylic acids is 1. The summed E-state index contributed by atoms with van der Waals surface area (Å²) in [6.45, 7) is 2.09. The Kier molecular flexibility index (Phi) is 3.77. The number of nitrogens with zero attached hydrogens (tertiary/aromatic N) is 1. The average molecular weight is 213 g/mol. The molecule has 1 aromatic carbocycles. The van der Waals surface area contributed by atoms with Crippen molar-refractivity contribution >= 4 is 23.4 Å². The van der Waals surface area contributed by atoms with E-state index in [4.69, 9.17) is 11.6 Å². The number of anilines is 1. The zero-order chi connectivity index (χ0) is 10.6. The topological polar surface area (TPSA) is 43.4 Å². The molecule has 0 fully saturated rings. The van der Waals surface area contributed by atoms with Crippen LogP contribution in [0.4, 0.5) is 10.5 Å². The maximum absolute atomic E-state index is 10.8. The van der Waals surface area contributed by atoms with Crippen LogP contribution in [-0.4, -0.2) is 18.5 Å². The van der Waals surface area contributed by atoms with Crippen molar-refractivity contribution in [3.63, 3.8) is 0 Å². The molecule has 1 aromatic rings. The maximum Gasteiger partial charge on any atom is 0.141 e. The highest BCUT2D eigenvalue weighted by atomic mass is 35.5. The molecule has 3 nitrogen and oxygen atoms in total. The number of hydrogen-bond donors (Lipinski definition) is 0. The Hall–Kier alpha value is -1.22. The van der Waals surface area contributed by atoms with Crippen molar-refractivity contribution in [3.8, 4) is 0 Å². The van der Waals surface area contributed by atoms with Gasteiger partial charge in [0.25, 0.3) is 0 Å². The van der Waals surface area contributed by atoms with Gasteiger partial charge in [-0.25, -0.2) is 0 Å². The lowest BCUT2D eigenvalue weighted by atomic mass is 10.2. The summed E-state index contributed by atoms with van der Waals surface area (Å²) in [5, 5.41) is 10.8. The van der Waals surface area contributed by atoms with Crippen molar-refractivity contribution < 1.29 is 9.90 Å². The van der Waals surface area contributed by atoms with E-state index < -0.39 is 6.09 Å². The number of carboxylic acid groups (broad SMARTS) is 1. The molecule has 0 aliphatic heterocycles. The zero-order valence-electron chi connectivity index (χ0n) is 7.87. The molecule has 0 aromatic heterocycles. The second kappa shape index (κ2) is 4.86. The highest BCUT2D eigenvalue weighted by Crippen LogP contribution is 2.18. The number of amides is 1. The van der Waals surface area contributed by atoms with Crippen LogP contribution in [0.15, 0.2) is 24.3 Å². The molecule has 1 rings (SSSR count). The number of rotatable bonds is 3. The van der Waals surface area contributed by atoms with Gasteiger partial charge in [-0.3, -0.25) is 0 Å². The number of benzene rings is 1. The molecule has 4 heteroatoms. The summed E-state index contributed by atoms with van der Waals surface area (Å²) in [5.74, 6) is 0.252. The van der Waals surface area contributed by atoms with Crippen LogP contribution in [0.2, 0.25) is 0 Å². The Morgan fingerprint density at radius 2 is 2.14 bits per heavy atom. The first-order chi connectivity index (χ1) is 6.66. The molecule has 0 bridgehead atoms. The molecule has 0 unspecified atom stereocenters. The summed E-state index contributed by atoms with van der Waals surface area (Å²) in [6.07, 6.45) is -1.22. The van der Waals surface area contributed by atoms with Crippen molar-refractivity contribution in [2.45, 2.75) is 6.92 Å². The van der Waals surface area contributed by atoms with Crippen LogP contribution in [0, 0.1) is 6.92 Å². The van der Waals surface area contributed by atoms with E-state index in [1.807, 2.05) is 19.1 Å². The van der Waals surface area contributed by atoms with Crippen molar-refractivity contribution in [1.29, 1.82) is 0 Å². The minimum atomic E-state index is -1.22. The van der Waals surface area contributed by atoms with Crippen molar-refractivity contribution in [2.75, 3.05) is 17.3 Å². The van der Waals surface area contributed by atoms with Gasteiger partial charge in [-0.05, 0) is 18.6 Å². The standard InChI is InChI=1S/C10H12ClNO2/c1-8-4-2-3-5-9(8)12(7-6-11)10(13)14/h2-5H,6-7H2,1H3,(H,13,14)/p-1. The lowest BCUT2D eigenvalue weighted by molar-refractivity contribution is -0.246. The average Bonchev–Trinajstić information content (AvgIpc) is 2.15. The van der Waals surface area contributed by atoms with Crippen LogP contribution in [0.25, 0.3) is 0 Å². The van der Waals surface area contributed by atoms with E-state index in [0.29, 0.717) is 5.69 Å². The van der Waals surface area contributed by atoms with Crippen LogP contribution in [0.3, 0.4) is 0 Å². The molecule has 1 amide bonds. The maximum atomic E-state index is 10.8. The van der Waals surface area contributed by atoms with E-state index >= 15 is 0 Å². The van der Waals surface area contributed by atoms with Crippen molar-refractivity contribution in [2.24, 2.45) is 0 Å². The largest absolute Gasteiger partial charge is 0.530 e. The number of para-hydroxylation sites is 1. The van der Waals surface area contributed by atoms with Gasteiger partial charge in [-0.15, -0.1) is 11.6 Å². The Morgan fingerprint density at radius 1 is 1.50 bits per heavy atom. The van der Waals surface area contributed by atoms with Gasteiger partial charge >= 0.3 is 0 Å². The molecule has 0 atom stereocenters. The molecule has 0 aliphatic carbocycles. The minimum Gasteiger partial charge on any atom is -0.530 e. The molecule has 0 spiro atoms. The fourth-order valence-electron chi connectivity index (χ4n) is 1.26.